The van der Waals surface area contributed by atoms with Crippen LogP contribution >= 0.6 is 23.2 Å². The van der Waals surface area contributed by atoms with Crippen LogP contribution in [0, 0.1) is 5.82 Å². The molecular weight excluding hydrogens is 236 g/mol. The number of esters is 1. The molecule has 0 radical (unpaired) electrons. The van der Waals surface area contributed by atoms with Crippen LogP contribution in [0.25, 0.3) is 0 Å². The average molecular weight is 238 g/mol. The van der Waals surface area contributed by atoms with E-state index < -0.39 is 16.9 Å². The van der Waals surface area contributed by atoms with Crippen LogP contribution in [0.3, 0.4) is 0 Å². The van der Waals surface area contributed by atoms with E-state index in [1.54, 1.807) is 0 Å². The molecule has 1 aromatic rings. The zero-order valence-electron chi connectivity index (χ0n) is 6.46. The van der Waals surface area contributed by atoms with Gasteiger partial charge in [0.25, 0.3) is 0 Å². The van der Waals surface area contributed by atoms with Gasteiger partial charge in [0.1, 0.15) is 10.7 Å². The highest BCUT2D eigenvalue weighted by atomic mass is 35.5. The number of nitrogens with zero attached hydrogens (tertiary/aromatic N) is 1. The van der Waals surface area contributed by atoms with E-state index in [9.17, 15) is 14.0 Å². The van der Waals surface area contributed by atoms with Crippen LogP contribution in [0.2, 0.25) is 10.3 Å². The second-order valence-electron chi connectivity index (χ2n) is 2.10. The van der Waals surface area contributed by atoms with Crippen molar-refractivity contribution < 1.29 is 18.7 Å². The number of carbonyl (C=O) groups excluding carboxylic acids is 2. The average Bonchev–Trinajstić information content (AvgIpc) is 2.11. The third kappa shape index (κ3) is 2.18. The minimum atomic E-state index is -1.09. The molecule has 0 aliphatic heterocycles. The van der Waals surface area contributed by atoms with Gasteiger partial charge >= 0.3 is 12.4 Å². The molecule has 0 saturated carbocycles. The van der Waals surface area contributed by atoms with E-state index >= 15 is 0 Å². The lowest BCUT2D eigenvalue weighted by Gasteiger charge is -2.01. The molecule has 14 heavy (non-hydrogen) atoms. The number of hydrogen-bond donors (Lipinski definition) is 0. The van der Waals surface area contributed by atoms with Crippen molar-refractivity contribution in [2.75, 3.05) is 0 Å². The summed E-state index contributed by atoms with van der Waals surface area (Å²) in [6.45, 7) is -0.0921. The Kier molecular flexibility index (Phi) is 3.38. The van der Waals surface area contributed by atoms with Crippen LogP contribution in [0.4, 0.5) is 4.39 Å². The monoisotopic (exact) mass is 237 g/mol. The van der Waals surface area contributed by atoms with Crippen molar-refractivity contribution in [1.82, 2.24) is 4.98 Å². The topological polar surface area (TPSA) is 56.3 Å². The maximum Gasteiger partial charge on any atom is 0.348 e. The van der Waals surface area contributed by atoms with Gasteiger partial charge in [0.2, 0.25) is 0 Å². The van der Waals surface area contributed by atoms with Gasteiger partial charge in [-0.2, -0.15) is 0 Å². The normalized spacial score (nSPS) is 9.64. The van der Waals surface area contributed by atoms with Crippen LogP contribution in [0.15, 0.2) is 6.07 Å². The first kappa shape index (κ1) is 10.9. The van der Waals surface area contributed by atoms with Gasteiger partial charge in [0.15, 0.2) is 11.0 Å². The van der Waals surface area contributed by atoms with Crippen molar-refractivity contribution in [2.24, 2.45) is 0 Å². The fourth-order valence-electron chi connectivity index (χ4n) is 0.696. The zero-order valence-corrected chi connectivity index (χ0v) is 7.97. The molecule has 4 nitrogen and oxygen atoms in total. The van der Waals surface area contributed by atoms with Gasteiger partial charge in [-0.15, -0.1) is 0 Å². The van der Waals surface area contributed by atoms with Gasteiger partial charge in [-0.3, -0.25) is 4.79 Å². The Hall–Kier alpha value is -1.20. The number of hydrogen-bond acceptors (Lipinski definition) is 4. The van der Waals surface area contributed by atoms with Crippen LogP contribution < -0.4 is 0 Å². The Bertz CT molecular complexity index is 397. The number of rotatable bonds is 2. The van der Waals surface area contributed by atoms with Gasteiger partial charge in [-0.25, -0.2) is 14.2 Å². The van der Waals surface area contributed by atoms with Gasteiger partial charge in [-0.05, 0) is 6.07 Å². The standard InChI is InChI=1S/C7H2Cl2FNO3/c8-5-3(7(13)14-2-12)1-4(10)6(9)11-5/h1-2H. The number of aromatic nitrogens is 1. The molecule has 7 heteroatoms. The fourth-order valence-corrected chi connectivity index (χ4v) is 1.09. The molecule has 1 heterocycles. The molecular formula is C7H2Cl2FNO3. The Labute approximate surface area is 87.6 Å². The summed E-state index contributed by atoms with van der Waals surface area (Å²) in [6.07, 6.45) is 0. The van der Waals surface area contributed by atoms with Crippen molar-refractivity contribution >= 4 is 35.6 Å². The maximum absolute atomic E-state index is 12.8. The number of carbonyl (C=O) groups is 2. The molecule has 0 fully saturated rings. The largest absolute Gasteiger partial charge is 0.392 e. The van der Waals surface area contributed by atoms with Crippen molar-refractivity contribution in [3.05, 3.63) is 27.8 Å². The SMILES string of the molecule is O=COC(=O)c1cc(F)c(Cl)nc1Cl. The van der Waals surface area contributed by atoms with E-state index in [1.165, 1.54) is 0 Å². The molecule has 0 aliphatic carbocycles. The smallest absolute Gasteiger partial charge is 0.348 e. The molecule has 1 rings (SSSR count). The Balaban J connectivity index is 3.15. The molecule has 0 N–H and O–H groups in total. The van der Waals surface area contributed by atoms with Gasteiger partial charge in [0, 0.05) is 0 Å². The van der Waals surface area contributed by atoms with Gasteiger partial charge in [0.05, 0.1) is 0 Å². The van der Waals surface area contributed by atoms with E-state index in [0.717, 1.165) is 6.07 Å². The molecule has 1 aromatic heterocycles. The summed E-state index contributed by atoms with van der Waals surface area (Å²) in [5.41, 5.74) is -0.360. The van der Waals surface area contributed by atoms with E-state index in [4.69, 9.17) is 23.2 Å². The molecule has 0 saturated heterocycles. The minimum Gasteiger partial charge on any atom is -0.392 e. The summed E-state index contributed by atoms with van der Waals surface area (Å²) >= 11 is 10.7. The Morgan fingerprint density at radius 1 is 1.50 bits per heavy atom. The van der Waals surface area contributed by atoms with E-state index in [1.807, 2.05) is 0 Å². The highest BCUT2D eigenvalue weighted by Gasteiger charge is 2.16. The van der Waals surface area contributed by atoms with Gasteiger partial charge in [-0.1, -0.05) is 23.2 Å². The zero-order chi connectivity index (χ0) is 10.7. The first-order valence-corrected chi connectivity index (χ1v) is 3.98. The highest BCUT2D eigenvalue weighted by molar-refractivity contribution is 6.34. The fraction of sp³-hybridized carbons (Fsp3) is 0. The van der Waals surface area contributed by atoms with E-state index in [0.29, 0.717) is 0 Å². The van der Waals surface area contributed by atoms with Crippen molar-refractivity contribution in [3.8, 4) is 0 Å². The summed E-state index contributed by atoms with van der Waals surface area (Å²) in [5.74, 6) is -2.01. The molecule has 0 spiro atoms. The van der Waals surface area contributed by atoms with Crippen LogP contribution in [-0.2, 0) is 9.53 Å². The maximum atomic E-state index is 12.8. The Morgan fingerprint density at radius 2 is 2.14 bits per heavy atom. The van der Waals surface area contributed by atoms with Gasteiger partial charge < -0.3 is 4.74 Å². The molecule has 0 bridgehead atoms. The Morgan fingerprint density at radius 3 is 2.71 bits per heavy atom. The molecule has 0 unspecified atom stereocenters. The summed E-state index contributed by atoms with van der Waals surface area (Å²) in [7, 11) is 0. The first-order valence-electron chi connectivity index (χ1n) is 3.22. The third-order valence-electron chi connectivity index (χ3n) is 1.26. The van der Waals surface area contributed by atoms with Crippen LogP contribution in [-0.4, -0.2) is 17.4 Å². The first-order chi connectivity index (χ1) is 6.56. The predicted molar refractivity (Wildman–Crippen MR) is 45.7 cm³/mol. The lowest BCUT2D eigenvalue weighted by Crippen LogP contribution is -2.06. The van der Waals surface area contributed by atoms with Crippen molar-refractivity contribution in [3.63, 3.8) is 0 Å². The molecule has 0 aliphatic rings. The van der Waals surface area contributed by atoms with E-state index in [-0.39, 0.29) is 17.2 Å². The second-order valence-corrected chi connectivity index (χ2v) is 2.82. The number of pyridine rings is 1. The number of halogens is 3. The lowest BCUT2D eigenvalue weighted by molar-refractivity contribution is -0.123. The molecule has 0 atom stereocenters. The second kappa shape index (κ2) is 4.34. The predicted octanol–water partition coefficient (Wildman–Crippen LogP) is 1.84. The minimum absolute atomic E-state index is 0.0921. The number of ether oxygens (including phenoxy) is 1. The van der Waals surface area contributed by atoms with Crippen molar-refractivity contribution in [1.29, 1.82) is 0 Å². The molecule has 0 amide bonds. The molecule has 0 aromatic carbocycles. The molecule has 74 valence electrons. The summed E-state index contributed by atoms with van der Waals surface area (Å²) in [4.78, 5) is 24.1. The van der Waals surface area contributed by atoms with Crippen molar-refractivity contribution in [2.45, 2.75) is 0 Å². The summed E-state index contributed by atoms with van der Waals surface area (Å²) in [5, 5.41) is -0.791. The van der Waals surface area contributed by atoms with E-state index in [2.05, 4.69) is 9.72 Å². The summed E-state index contributed by atoms with van der Waals surface area (Å²) < 4.78 is 16.8. The van der Waals surface area contributed by atoms with Crippen LogP contribution in [0.1, 0.15) is 10.4 Å². The van der Waals surface area contributed by atoms with Crippen LogP contribution in [0.5, 0.6) is 0 Å². The quantitative estimate of drug-likeness (QED) is 0.341. The lowest BCUT2D eigenvalue weighted by atomic mass is 10.3. The third-order valence-corrected chi connectivity index (χ3v) is 1.81. The summed E-state index contributed by atoms with van der Waals surface area (Å²) in [6, 6.07) is 0.740. The highest BCUT2D eigenvalue weighted by Crippen LogP contribution is 2.20.